The van der Waals surface area contributed by atoms with E-state index in [1.165, 1.54) is 14.2 Å². The highest BCUT2D eigenvalue weighted by Crippen LogP contribution is 2.22. The normalized spacial score (nSPS) is 10.6. The van der Waals surface area contributed by atoms with Crippen molar-refractivity contribution in [1.82, 2.24) is 9.97 Å². The van der Waals surface area contributed by atoms with Crippen molar-refractivity contribution in [2.24, 2.45) is 0 Å². The highest BCUT2D eigenvalue weighted by molar-refractivity contribution is 6.03. The maximum atomic E-state index is 11.8. The molecule has 6 heteroatoms. The van der Waals surface area contributed by atoms with Crippen molar-refractivity contribution in [2.75, 3.05) is 14.2 Å². The van der Waals surface area contributed by atoms with Crippen molar-refractivity contribution in [3.05, 3.63) is 47.8 Å². The zero-order valence-corrected chi connectivity index (χ0v) is 12.0. The molecular weight excluding hydrogens is 284 g/mol. The topological polar surface area (TPSA) is 78.4 Å². The predicted molar refractivity (Wildman–Crippen MR) is 79.7 cm³/mol. The minimum Gasteiger partial charge on any atom is -0.464 e. The van der Waals surface area contributed by atoms with Gasteiger partial charge in [0.05, 0.1) is 25.3 Å². The van der Waals surface area contributed by atoms with Gasteiger partial charge in [0.15, 0.2) is 11.4 Å². The minimum absolute atomic E-state index is 0.155. The van der Waals surface area contributed by atoms with E-state index in [1.54, 1.807) is 0 Å². The number of rotatable bonds is 2. The Morgan fingerprint density at radius 1 is 0.818 bits per heavy atom. The molecule has 0 aliphatic carbocycles. The number of aromatic nitrogens is 2. The summed E-state index contributed by atoms with van der Waals surface area (Å²) in [4.78, 5) is 32.1. The van der Waals surface area contributed by atoms with E-state index < -0.39 is 11.9 Å². The number of ether oxygens (including phenoxy) is 2. The maximum Gasteiger partial charge on any atom is 0.359 e. The Hall–Kier alpha value is -3.02. The second-order valence-corrected chi connectivity index (χ2v) is 4.59. The summed E-state index contributed by atoms with van der Waals surface area (Å²) < 4.78 is 9.32. The van der Waals surface area contributed by atoms with Crippen LogP contribution in [0.1, 0.15) is 21.0 Å². The molecule has 2 aromatic carbocycles. The molecule has 1 aromatic heterocycles. The lowest BCUT2D eigenvalue weighted by atomic mass is 10.1. The summed E-state index contributed by atoms with van der Waals surface area (Å²) in [6, 6.07) is 11.3. The molecule has 6 nitrogen and oxygen atoms in total. The van der Waals surface area contributed by atoms with Gasteiger partial charge in [0.25, 0.3) is 0 Å². The minimum atomic E-state index is -0.733. The van der Waals surface area contributed by atoms with E-state index in [9.17, 15) is 9.59 Å². The van der Waals surface area contributed by atoms with Crippen molar-refractivity contribution < 1.29 is 19.1 Å². The van der Waals surface area contributed by atoms with Crippen LogP contribution in [0, 0.1) is 0 Å². The molecule has 0 aliphatic rings. The summed E-state index contributed by atoms with van der Waals surface area (Å²) in [5, 5.41) is 1.93. The van der Waals surface area contributed by atoms with E-state index in [0.29, 0.717) is 11.0 Å². The van der Waals surface area contributed by atoms with Crippen molar-refractivity contribution in [2.45, 2.75) is 0 Å². The molecule has 0 amide bonds. The predicted octanol–water partition coefficient (Wildman–Crippen LogP) is 2.36. The molecule has 3 aromatic rings. The van der Waals surface area contributed by atoms with Crippen LogP contribution in [-0.2, 0) is 9.47 Å². The summed E-state index contributed by atoms with van der Waals surface area (Å²) in [5.41, 5.74) is 0.702. The standard InChI is InChI=1S/C16H12N2O4/c1-21-15(19)13-14(16(20)22-2)18-12-8-10-6-4-3-5-9(10)7-11(12)17-13/h3-8H,1-2H3. The molecule has 0 saturated heterocycles. The van der Waals surface area contributed by atoms with E-state index in [0.717, 1.165) is 10.8 Å². The van der Waals surface area contributed by atoms with Crippen molar-refractivity contribution >= 4 is 33.7 Å². The van der Waals surface area contributed by atoms with Gasteiger partial charge in [0.1, 0.15) is 0 Å². The van der Waals surface area contributed by atoms with Crippen molar-refractivity contribution in [1.29, 1.82) is 0 Å². The number of fused-ring (bicyclic) bond motifs is 2. The Labute approximate surface area is 125 Å². The highest BCUT2D eigenvalue weighted by Gasteiger charge is 2.23. The molecule has 110 valence electrons. The van der Waals surface area contributed by atoms with Gasteiger partial charge in [-0.1, -0.05) is 24.3 Å². The number of carbonyl (C=O) groups excluding carboxylic acids is 2. The van der Waals surface area contributed by atoms with Gasteiger partial charge in [-0.3, -0.25) is 0 Å². The molecule has 0 spiro atoms. The van der Waals surface area contributed by atoms with Crippen LogP contribution >= 0.6 is 0 Å². The van der Waals surface area contributed by atoms with E-state index in [2.05, 4.69) is 19.4 Å². The van der Waals surface area contributed by atoms with Crippen LogP contribution in [0.2, 0.25) is 0 Å². The lowest BCUT2D eigenvalue weighted by Crippen LogP contribution is -2.16. The fourth-order valence-electron chi connectivity index (χ4n) is 2.22. The Morgan fingerprint density at radius 3 is 1.59 bits per heavy atom. The summed E-state index contributed by atoms with van der Waals surface area (Å²) in [6.07, 6.45) is 0. The third-order valence-corrected chi connectivity index (χ3v) is 3.29. The average molecular weight is 296 g/mol. The lowest BCUT2D eigenvalue weighted by molar-refractivity contribution is 0.0545. The van der Waals surface area contributed by atoms with Gasteiger partial charge in [-0.25, -0.2) is 19.6 Å². The zero-order chi connectivity index (χ0) is 15.7. The molecule has 0 bridgehead atoms. The Balaban J connectivity index is 2.34. The summed E-state index contributed by atoms with van der Waals surface area (Å²) in [5.74, 6) is -1.47. The van der Waals surface area contributed by atoms with Crippen molar-refractivity contribution in [3.63, 3.8) is 0 Å². The molecule has 0 N–H and O–H groups in total. The van der Waals surface area contributed by atoms with E-state index in [-0.39, 0.29) is 11.4 Å². The third-order valence-electron chi connectivity index (χ3n) is 3.29. The SMILES string of the molecule is COC(=O)c1nc2cc3ccccc3cc2nc1C(=O)OC. The van der Waals surface area contributed by atoms with Crippen LogP contribution in [0.25, 0.3) is 21.8 Å². The molecule has 22 heavy (non-hydrogen) atoms. The molecule has 0 radical (unpaired) electrons. The van der Waals surface area contributed by atoms with Crippen LogP contribution in [0.4, 0.5) is 0 Å². The van der Waals surface area contributed by atoms with E-state index >= 15 is 0 Å². The van der Waals surface area contributed by atoms with Gasteiger partial charge in [-0.15, -0.1) is 0 Å². The van der Waals surface area contributed by atoms with Gasteiger partial charge in [0, 0.05) is 0 Å². The van der Waals surface area contributed by atoms with Gasteiger partial charge in [-0.2, -0.15) is 0 Å². The van der Waals surface area contributed by atoms with E-state index in [1.807, 2.05) is 36.4 Å². The number of nitrogens with zero attached hydrogens (tertiary/aromatic N) is 2. The van der Waals surface area contributed by atoms with Gasteiger partial charge in [0.2, 0.25) is 0 Å². The monoisotopic (exact) mass is 296 g/mol. The Bertz CT molecular complexity index is 831. The summed E-state index contributed by atoms with van der Waals surface area (Å²) >= 11 is 0. The largest absolute Gasteiger partial charge is 0.464 e. The first-order valence-electron chi connectivity index (χ1n) is 6.51. The highest BCUT2D eigenvalue weighted by atomic mass is 16.5. The first kappa shape index (κ1) is 13.9. The second-order valence-electron chi connectivity index (χ2n) is 4.59. The van der Waals surface area contributed by atoms with Crippen LogP contribution in [0.15, 0.2) is 36.4 Å². The summed E-state index contributed by atoms with van der Waals surface area (Å²) in [6.45, 7) is 0. The molecule has 0 saturated carbocycles. The first-order valence-corrected chi connectivity index (χ1v) is 6.51. The molecule has 0 atom stereocenters. The van der Waals surface area contributed by atoms with Crippen LogP contribution < -0.4 is 0 Å². The smallest absolute Gasteiger partial charge is 0.359 e. The van der Waals surface area contributed by atoms with Crippen LogP contribution in [0.5, 0.6) is 0 Å². The Morgan fingerprint density at radius 2 is 1.23 bits per heavy atom. The second kappa shape index (κ2) is 5.40. The molecule has 0 aliphatic heterocycles. The zero-order valence-electron chi connectivity index (χ0n) is 12.0. The van der Waals surface area contributed by atoms with Gasteiger partial charge >= 0.3 is 11.9 Å². The van der Waals surface area contributed by atoms with E-state index in [4.69, 9.17) is 0 Å². The number of benzene rings is 2. The van der Waals surface area contributed by atoms with Crippen molar-refractivity contribution in [3.8, 4) is 0 Å². The molecule has 0 unspecified atom stereocenters. The average Bonchev–Trinajstić information content (AvgIpc) is 2.57. The number of esters is 2. The maximum absolute atomic E-state index is 11.8. The van der Waals surface area contributed by atoms with Crippen LogP contribution in [-0.4, -0.2) is 36.1 Å². The number of hydrogen-bond donors (Lipinski definition) is 0. The fraction of sp³-hybridized carbons (Fsp3) is 0.125. The number of methoxy groups -OCH3 is 2. The first-order chi connectivity index (χ1) is 10.6. The number of hydrogen-bond acceptors (Lipinski definition) is 6. The molecular formula is C16H12N2O4. The molecule has 0 fully saturated rings. The number of carbonyl (C=O) groups is 2. The third kappa shape index (κ3) is 2.24. The lowest BCUT2D eigenvalue weighted by Gasteiger charge is -2.07. The quantitative estimate of drug-likeness (QED) is 0.533. The molecule has 3 rings (SSSR count). The van der Waals surface area contributed by atoms with Gasteiger partial charge in [-0.05, 0) is 22.9 Å². The fourth-order valence-corrected chi connectivity index (χ4v) is 2.22. The molecule has 1 heterocycles. The van der Waals surface area contributed by atoms with Gasteiger partial charge < -0.3 is 9.47 Å². The summed E-state index contributed by atoms with van der Waals surface area (Å²) in [7, 11) is 2.44. The Kier molecular flexibility index (Phi) is 3.42. The van der Waals surface area contributed by atoms with Crippen LogP contribution in [0.3, 0.4) is 0 Å².